The smallest absolute Gasteiger partial charge is 0.246 e. The third-order valence-electron chi connectivity index (χ3n) is 2.88. The zero-order chi connectivity index (χ0) is 14.8. The number of amides is 1. The number of aryl methyl sites for hydroxylation is 1. The van der Waals surface area contributed by atoms with Gasteiger partial charge >= 0.3 is 0 Å². The highest BCUT2D eigenvalue weighted by Gasteiger charge is 2.08. The van der Waals surface area contributed by atoms with Gasteiger partial charge in [0.2, 0.25) is 5.91 Å². The summed E-state index contributed by atoms with van der Waals surface area (Å²) in [5.74, 6) is 0.383. The number of aromatic nitrogens is 4. The maximum absolute atomic E-state index is 11.9. The van der Waals surface area contributed by atoms with Crippen LogP contribution in [0.15, 0.2) is 28.8 Å². The summed E-state index contributed by atoms with van der Waals surface area (Å²) in [5.41, 5.74) is 8.13. The van der Waals surface area contributed by atoms with Gasteiger partial charge in [0.1, 0.15) is 12.1 Å². The van der Waals surface area contributed by atoms with Gasteiger partial charge in [-0.05, 0) is 18.2 Å². The van der Waals surface area contributed by atoms with Gasteiger partial charge in [0.25, 0.3) is 0 Å². The number of hydrogen-bond acceptors (Lipinski definition) is 6. The van der Waals surface area contributed by atoms with Crippen LogP contribution in [-0.4, -0.2) is 25.9 Å². The van der Waals surface area contributed by atoms with Crippen LogP contribution in [-0.2, 0) is 17.9 Å². The quantitative estimate of drug-likeness (QED) is 0.734. The standard InChI is InChI=1S/C13H14N6O2/c1-8-15-11-4-9(2-3-12(11)21-8)16-13(20)7-19-6-10(5-14)17-18-19/h2-4,6H,5,7,14H2,1H3,(H,16,20). The first-order valence-corrected chi connectivity index (χ1v) is 6.40. The summed E-state index contributed by atoms with van der Waals surface area (Å²) in [6, 6.07) is 5.29. The number of carbonyl (C=O) groups excluding carboxylic acids is 1. The number of carbonyl (C=O) groups is 1. The van der Waals surface area contributed by atoms with Gasteiger partial charge in [0.15, 0.2) is 11.5 Å². The molecule has 1 aromatic carbocycles. The molecule has 0 aliphatic heterocycles. The molecule has 0 spiro atoms. The SMILES string of the molecule is Cc1nc2cc(NC(=O)Cn3cc(CN)nn3)ccc2o1. The van der Waals surface area contributed by atoms with Crippen molar-refractivity contribution in [3.8, 4) is 0 Å². The lowest BCUT2D eigenvalue weighted by molar-refractivity contribution is -0.116. The van der Waals surface area contributed by atoms with E-state index in [1.54, 1.807) is 31.3 Å². The Balaban J connectivity index is 1.70. The molecule has 3 rings (SSSR count). The summed E-state index contributed by atoms with van der Waals surface area (Å²) in [6.07, 6.45) is 1.64. The van der Waals surface area contributed by atoms with E-state index in [-0.39, 0.29) is 12.5 Å². The molecule has 0 unspecified atom stereocenters. The number of benzene rings is 1. The van der Waals surface area contributed by atoms with E-state index in [1.807, 2.05) is 0 Å². The molecule has 2 aromatic heterocycles. The molecule has 3 N–H and O–H groups in total. The molecule has 8 heteroatoms. The van der Waals surface area contributed by atoms with Crippen LogP contribution >= 0.6 is 0 Å². The number of anilines is 1. The Morgan fingerprint density at radius 3 is 3.10 bits per heavy atom. The Bertz CT molecular complexity index is 791. The lowest BCUT2D eigenvalue weighted by Gasteiger charge is -2.04. The highest BCUT2D eigenvalue weighted by atomic mass is 16.3. The Kier molecular flexibility index (Phi) is 3.36. The molecule has 0 aliphatic rings. The van der Waals surface area contributed by atoms with Crippen molar-refractivity contribution in [1.82, 2.24) is 20.0 Å². The van der Waals surface area contributed by atoms with Gasteiger partial charge in [-0.2, -0.15) is 0 Å². The molecule has 2 heterocycles. The second-order valence-corrected chi connectivity index (χ2v) is 4.58. The molecular formula is C13H14N6O2. The minimum atomic E-state index is -0.206. The number of nitrogens with two attached hydrogens (primary N) is 1. The van der Waals surface area contributed by atoms with Gasteiger partial charge in [-0.3, -0.25) is 4.79 Å². The number of oxazole rings is 1. The Morgan fingerprint density at radius 2 is 2.33 bits per heavy atom. The third kappa shape index (κ3) is 2.90. The summed E-state index contributed by atoms with van der Waals surface area (Å²) in [6.45, 7) is 2.14. The number of fused-ring (bicyclic) bond motifs is 1. The lowest BCUT2D eigenvalue weighted by Crippen LogP contribution is -2.19. The van der Waals surface area contributed by atoms with Gasteiger partial charge in [-0.15, -0.1) is 5.10 Å². The molecule has 3 aromatic rings. The van der Waals surface area contributed by atoms with Crippen molar-refractivity contribution >= 4 is 22.7 Å². The van der Waals surface area contributed by atoms with Gasteiger partial charge in [0.05, 0.1) is 11.9 Å². The Morgan fingerprint density at radius 1 is 1.48 bits per heavy atom. The fraction of sp³-hybridized carbons (Fsp3) is 0.231. The van der Waals surface area contributed by atoms with E-state index in [9.17, 15) is 4.79 Å². The van der Waals surface area contributed by atoms with Crippen LogP contribution in [0, 0.1) is 6.92 Å². The predicted octanol–water partition coefficient (Wildman–Crippen LogP) is 0.825. The molecule has 108 valence electrons. The second-order valence-electron chi connectivity index (χ2n) is 4.58. The number of nitrogens with zero attached hydrogens (tertiary/aromatic N) is 4. The van der Waals surface area contributed by atoms with E-state index < -0.39 is 0 Å². The van der Waals surface area contributed by atoms with Crippen LogP contribution in [0.2, 0.25) is 0 Å². The van der Waals surface area contributed by atoms with E-state index in [0.717, 1.165) is 0 Å². The first kappa shape index (κ1) is 13.3. The monoisotopic (exact) mass is 286 g/mol. The minimum absolute atomic E-state index is 0.0723. The normalized spacial score (nSPS) is 11.0. The molecule has 1 amide bonds. The van der Waals surface area contributed by atoms with Crippen LogP contribution in [0.3, 0.4) is 0 Å². The molecule has 0 fully saturated rings. The molecule has 0 saturated carbocycles. The van der Waals surface area contributed by atoms with E-state index in [4.69, 9.17) is 10.2 Å². The first-order valence-electron chi connectivity index (χ1n) is 6.40. The summed E-state index contributed by atoms with van der Waals surface area (Å²) < 4.78 is 6.82. The molecule has 0 atom stereocenters. The molecule has 21 heavy (non-hydrogen) atoms. The average molecular weight is 286 g/mol. The Hall–Kier alpha value is -2.74. The van der Waals surface area contributed by atoms with Crippen LogP contribution in [0.1, 0.15) is 11.6 Å². The van der Waals surface area contributed by atoms with E-state index >= 15 is 0 Å². The first-order chi connectivity index (χ1) is 10.1. The van der Waals surface area contributed by atoms with E-state index in [1.165, 1.54) is 4.68 Å². The predicted molar refractivity (Wildman–Crippen MR) is 75.3 cm³/mol. The maximum Gasteiger partial charge on any atom is 0.246 e. The molecule has 0 radical (unpaired) electrons. The van der Waals surface area contributed by atoms with Crippen molar-refractivity contribution < 1.29 is 9.21 Å². The summed E-state index contributed by atoms with van der Waals surface area (Å²) in [5, 5.41) is 10.4. The van der Waals surface area contributed by atoms with Gasteiger partial charge < -0.3 is 15.5 Å². The Labute approximate surface area is 119 Å². The lowest BCUT2D eigenvalue weighted by atomic mass is 10.3. The molecule has 8 nitrogen and oxygen atoms in total. The second kappa shape index (κ2) is 5.33. The van der Waals surface area contributed by atoms with Gasteiger partial charge in [-0.25, -0.2) is 9.67 Å². The number of rotatable bonds is 4. The summed E-state index contributed by atoms with van der Waals surface area (Å²) in [4.78, 5) is 16.2. The fourth-order valence-corrected chi connectivity index (χ4v) is 1.98. The van der Waals surface area contributed by atoms with Crippen molar-refractivity contribution in [3.05, 3.63) is 36.0 Å². The van der Waals surface area contributed by atoms with Gasteiger partial charge in [-0.1, -0.05) is 5.21 Å². The molecular weight excluding hydrogens is 272 g/mol. The van der Waals surface area contributed by atoms with Crippen molar-refractivity contribution in [2.75, 3.05) is 5.32 Å². The number of nitrogens with one attached hydrogen (secondary N) is 1. The highest BCUT2D eigenvalue weighted by molar-refractivity contribution is 5.92. The largest absolute Gasteiger partial charge is 0.441 e. The van der Waals surface area contributed by atoms with Crippen LogP contribution in [0.25, 0.3) is 11.1 Å². The van der Waals surface area contributed by atoms with E-state index in [0.29, 0.717) is 34.9 Å². The zero-order valence-corrected chi connectivity index (χ0v) is 11.4. The topological polar surface area (TPSA) is 112 Å². The maximum atomic E-state index is 11.9. The van der Waals surface area contributed by atoms with Crippen LogP contribution in [0.5, 0.6) is 0 Å². The molecule has 0 saturated heterocycles. The minimum Gasteiger partial charge on any atom is -0.441 e. The number of hydrogen-bond donors (Lipinski definition) is 2. The highest BCUT2D eigenvalue weighted by Crippen LogP contribution is 2.19. The molecule has 0 aliphatic carbocycles. The fourth-order valence-electron chi connectivity index (χ4n) is 1.98. The van der Waals surface area contributed by atoms with Crippen molar-refractivity contribution in [2.45, 2.75) is 20.0 Å². The van der Waals surface area contributed by atoms with Gasteiger partial charge in [0, 0.05) is 19.2 Å². The van der Waals surface area contributed by atoms with Crippen LogP contribution < -0.4 is 11.1 Å². The van der Waals surface area contributed by atoms with E-state index in [2.05, 4.69) is 20.6 Å². The van der Waals surface area contributed by atoms with Crippen molar-refractivity contribution in [3.63, 3.8) is 0 Å². The van der Waals surface area contributed by atoms with Crippen LogP contribution in [0.4, 0.5) is 5.69 Å². The summed E-state index contributed by atoms with van der Waals surface area (Å²) >= 11 is 0. The summed E-state index contributed by atoms with van der Waals surface area (Å²) in [7, 11) is 0. The average Bonchev–Trinajstić information content (AvgIpc) is 3.03. The third-order valence-corrected chi connectivity index (χ3v) is 2.88. The zero-order valence-electron chi connectivity index (χ0n) is 11.4. The van der Waals surface area contributed by atoms with Crippen molar-refractivity contribution in [1.29, 1.82) is 0 Å². The molecule has 0 bridgehead atoms. The van der Waals surface area contributed by atoms with Crippen molar-refractivity contribution in [2.24, 2.45) is 5.73 Å².